The summed E-state index contributed by atoms with van der Waals surface area (Å²) in [6, 6.07) is 11.7. The van der Waals surface area contributed by atoms with E-state index < -0.39 is 5.54 Å². The number of nitrogens with zero attached hydrogens (tertiary/aromatic N) is 3. The van der Waals surface area contributed by atoms with Crippen molar-refractivity contribution < 1.29 is 9.13 Å². The van der Waals surface area contributed by atoms with Gasteiger partial charge in [-0.05, 0) is 55.4 Å². The van der Waals surface area contributed by atoms with Crippen molar-refractivity contribution in [2.45, 2.75) is 32.2 Å². The predicted octanol–water partition coefficient (Wildman–Crippen LogP) is 6.38. The maximum absolute atomic E-state index is 13.0. The molecule has 0 N–H and O–H groups in total. The number of hydrogen-bond acceptors (Lipinski definition) is 3. The minimum Gasteiger partial charge on any atom is -0.492 e. The molecule has 0 bridgehead atoms. The highest BCUT2D eigenvalue weighted by Crippen LogP contribution is 2.40. The molecule has 1 fully saturated rings. The van der Waals surface area contributed by atoms with Crippen molar-refractivity contribution in [1.82, 2.24) is 9.80 Å². The largest absolute Gasteiger partial charge is 0.492 e. The fourth-order valence-corrected chi connectivity index (χ4v) is 4.71. The summed E-state index contributed by atoms with van der Waals surface area (Å²) in [7, 11) is 0. The summed E-state index contributed by atoms with van der Waals surface area (Å²) in [5, 5.41) is 1.02. The number of piperazine rings is 1. The van der Waals surface area contributed by atoms with E-state index >= 15 is 0 Å². The molecule has 1 aliphatic heterocycles. The third-order valence-corrected chi connectivity index (χ3v) is 7.30. The molecule has 1 saturated heterocycles. The normalized spacial score (nSPS) is 17.0. The molecule has 0 amide bonds. The Morgan fingerprint density at radius 2 is 1.64 bits per heavy atom. The van der Waals surface area contributed by atoms with Crippen molar-refractivity contribution in [2.75, 3.05) is 45.9 Å². The van der Waals surface area contributed by atoms with Gasteiger partial charge in [0.15, 0.2) is 0 Å². The first-order valence-corrected chi connectivity index (χ1v) is 12.3. The van der Waals surface area contributed by atoms with Gasteiger partial charge >= 0.3 is 0 Å². The number of halogens is 3. The summed E-state index contributed by atoms with van der Waals surface area (Å²) >= 11 is 12.4. The first-order valence-electron chi connectivity index (χ1n) is 11.5. The summed E-state index contributed by atoms with van der Waals surface area (Å²) in [6.45, 7) is 18.6. The fourth-order valence-electron chi connectivity index (χ4n) is 4.41. The summed E-state index contributed by atoms with van der Waals surface area (Å²) in [6.07, 6.45) is 1.74. The van der Waals surface area contributed by atoms with E-state index in [-0.39, 0.29) is 11.7 Å². The van der Waals surface area contributed by atoms with Crippen LogP contribution in [0.3, 0.4) is 0 Å². The quantitative estimate of drug-likeness (QED) is 0.359. The minimum absolute atomic E-state index is 0.171. The molecule has 1 heterocycles. The lowest BCUT2D eigenvalue weighted by Crippen LogP contribution is -2.47. The summed E-state index contributed by atoms with van der Waals surface area (Å²) < 4.78 is 18.7. The highest BCUT2D eigenvalue weighted by atomic mass is 35.5. The number of rotatable bonds is 10. The maximum atomic E-state index is 13.0. The van der Waals surface area contributed by atoms with Gasteiger partial charge in [-0.3, -0.25) is 4.90 Å². The molecule has 0 aromatic heterocycles. The van der Waals surface area contributed by atoms with E-state index in [1.54, 1.807) is 18.2 Å². The first kappa shape index (κ1) is 25.8. The average molecular weight is 492 g/mol. The third kappa shape index (κ3) is 6.83. The predicted molar refractivity (Wildman–Crippen MR) is 134 cm³/mol. The van der Waals surface area contributed by atoms with Crippen LogP contribution in [0, 0.1) is 18.3 Å². The molecular weight excluding hydrogens is 460 g/mol. The fraction of sp³-hybridized carbons (Fsp3) is 0.500. The monoisotopic (exact) mass is 491 g/mol. The highest BCUT2D eigenvalue weighted by Gasteiger charge is 2.42. The molecule has 3 rings (SSSR count). The zero-order valence-electron chi connectivity index (χ0n) is 19.4. The highest BCUT2D eigenvalue weighted by molar-refractivity contribution is 6.42. The average Bonchev–Trinajstić information content (AvgIpc) is 2.81. The van der Waals surface area contributed by atoms with Gasteiger partial charge in [0.25, 0.3) is 5.54 Å². The Bertz CT molecular complexity index is 940. The standard InChI is InChI=1S/C26H32Cl2FN3O/c1-20(2)26(30-3,21-5-10-24(27)25(28)19-21)11-4-12-31-13-15-32(16-14-31)17-18-33-23-8-6-22(29)7-9-23/h5-10,19-20H,4,11-18H2,1-2H3. The zero-order valence-corrected chi connectivity index (χ0v) is 20.9. The lowest BCUT2D eigenvalue weighted by Gasteiger charge is -2.35. The van der Waals surface area contributed by atoms with Crippen LogP contribution in [0.25, 0.3) is 4.85 Å². The third-order valence-electron chi connectivity index (χ3n) is 6.56. The van der Waals surface area contributed by atoms with E-state index in [0.29, 0.717) is 22.4 Å². The lowest BCUT2D eigenvalue weighted by molar-refractivity contribution is 0.114. The van der Waals surface area contributed by atoms with Gasteiger partial charge in [-0.15, -0.1) is 0 Å². The van der Waals surface area contributed by atoms with Crippen LogP contribution in [0.4, 0.5) is 4.39 Å². The molecule has 1 unspecified atom stereocenters. The van der Waals surface area contributed by atoms with Gasteiger partial charge in [0.05, 0.1) is 10.0 Å². The Morgan fingerprint density at radius 1 is 1.00 bits per heavy atom. The van der Waals surface area contributed by atoms with E-state index in [1.165, 1.54) is 12.1 Å². The second-order valence-corrected chi connectivity index (χ2v) is 9.72. The maximum Gasteiger partial charge on any atom is 0.259 e. The Hall–Kier alpha value is -1.84. The van der Waals surface area contributed by atoms with E-state index in [2.05, 4.69) is 28.5 Å². The lowest BCUT2D eigenvalue weighted by atomic mass is 9.77. The molecule has 0 aliphatic carbocycles. The molecule has 1 aliphatic rings. The Morgan fingerprint density at radius 3 is 2.21 bits per heavy atom. The Kier molecular flexibility index (Phi) is 9.40. The van der Waals surface area contributed by atoms with Crippen LogP contribution in [0.5, 0.6) is 5.75 Å². The van der Waals surface area contributed by atoms with Crippen LogP contribution >= 0.6 is 23.2 Å². The molecule has 33 heavy (non-hydrogen) atoms. The van der Waals surface area contributed by atoms with Gasteiger partial charge in [-0.2, -0.15) is 0 Å². The van der Waals surface area contributed by atoms with E-state index in [4.69, 9.17) is 34.5 Å². The summed E-state index contributed by atoms with van der Waals surface area (Å²) in [4.78, 5) is 8.97. The van der Waals surface area contributed by atoms with E-state index in [1.807, 2.05) is 12.1 Å². The Labute approximate surface area is 207 Å². The molecule has 2 aromatic rings. The SMILES string of the molecule is [C-]#[N+]C(CCCN1CCN(CCOc2ccc(F)cc2)CC1)(c1ccc(Cl)c(Cl)c1)C(C)C. The van der Waals surface area contributed by atoms with Gasteiger partial charge < -0.3 is 14.5 Å². The van der Waals surface area contributed by atoms with E-state index in [9.17, 15) is 4.39 Å². The molecule has 178 valence electrons. The molecule has 4 nitrogen and oxygen atoms in total. The van der Waals surface area contributed by atoms with Crippen molar-refractivity contribution in [3.05, 3.63) is 75.3 Å². The second-order valence-electron chi connectivity index (χ2n) is 8.91. The van der Waals surface area contributed by atoms with Crippen molar-refractivity contribution in [3.63, 3.8) is 0 Å². The van der Waals surface area contributed by atoms with E-state index in [0.717, 1.165) is 57.7 Å². The first-order chi connectivity index (χ1) is 15.8. The van der Waals surface area contributed by atoms with Crippen molar-refractivity contribution in [3.8, 4) is 5.75 Å². The molecule has 0 radical (unpaired) electrons. The van der Waals surface area contributed by atoms with Crippen LogP contribution in [0.2, 0.25) is 10.0 Å². The zero-order chi connectivity index (χ0) is 23.8. The second kappa shape index (κ2) is 12.0. The molecule has 0 saturated carbocycles. The van der Waals surface area contributed by atoms with Crippen molar-refractivity contribution in [2.24, 2.45) is 5.92 Å². The van der Waals surface area contributed by atoms with Crippen LogP contribution < -0.4 is 4.74 Å². The van der Waals surface area contributed by atoms with Gasteiger partial charge in [0.2, 0.25) is 0 Å². The summed E-state index contributed by atoms with van der Waals surface area (Å²) in [5.74, 6) is 0.619. The number of benzene rings is 2. The van der Waals surface area contributed by atoms with Crippen molar-refractivity contribution >= 4 is 23.2 Å². The molecule has 7 heteroatoms. The number of hydrogen-bond donors (Lipinski definition) is 0. The summed E-state index contributed by atoms with van der Waals surface area (Å²) in [5.41, 5.74) is 0.362. The Balaban J connectivity index is 1.44. The molecule has 0 spiro atoms. The van der Waals surface area contributed by atoms with Gasteiger partial charge in [0, 0.05) is 50.6 Å². The molecule has 2 aromatic carbocycles. The molecular formula is C26H32Cl2FN3O. The topological polar surface area (TPSA) is 20.1 Å². The van der Waals surface area contributed by atoms with Crippen LogP contribution in [0.15, 0.2) is 42.5 Å². The minimum atomic E-state index is -0.590. The van der Waals surface area contributed by atoms with Crippen molar-refractivity contribution in [1.29, 1.82) is 0 Å². The smallest absolute Gasteiger partial charge is 0.259 e. The van der Waals surface area contributed by atoms with Crippen LogP contribution in [0.1, 0.15) is 32.3 Å². The molecule has 1 atom stereocenters. The van der Waals surface area contributed by atoms with Gasteiger partial charge in [0.1, 0.15) is 18.2 Å². The van der Waals surface area contributed by atoms with Gasteiger partial charge in [-0.1, -0.05) is 37.0 Å². The van der Waals surface area contributed by atoms with Gasteiger partial charge in [-0.25, -0.2) is 11.0 Å². The van der Waals surface area contributed by atoms with Crippen LogP contribution in [-0.2, 0) is 5.54 Å². The number of ether oxygens (including phenoxy) is 1. The van der Waals surface area contributed by atoms with Crippen LogP contribution in [-0.4, -0.2) is 55.7 Å².